The maximum Gasteiger partial charge on any atom is 0.102 e. The molecule has 0 aliphatic heterocycles. The molecule has 1 aromatic carbocycles. The van der Waals surface area contributed by atoms with Crippen LogP contribution in [0.2, 0.25) is 0 Å². The average molecular weight is 242 g/mol. The summed E-state index contributed by atoms with van der Waals surface area (Å²) in [7, 11) is 0. The molecule has 1 aliphatic carbocycles. The summed E-state index contributed by atoms with van der Waals surface area (Å²) >= 11 is 0. The molecule has 0 amide bonds. The number of benzene rings is 1. The highest BCUT2D eigenvalue weighted by Gasteiger charge is 2.32. The van der Waals surface area contributed by atoms with Crippen LogP contribution in [0.4, 0.5) is 5.69 Å². The Morgan fingerprint density at radius 1 is 1.33 bits per heavy atom. The fourth-order valence-electron chi connectivity index (χ4n) is 2.89. The van der Waals surface area contributed by atoms with Gasteiger partial charge in [0.2, 0.25) is 0 Å². The van der Waals surface area contributed by atoms with Gasteiger partial charge in [-0.1, -0.05) is 38.8 Å². The summed E-state index contributed by atoms with van der Waals surface area (Å²) in [5.74, 6) is 0. The minimum absolute atomic E-state index is 0.314. The van der Waals surface area contributed by atoms with Crippen molar-refractivity contribution in [3.63, 3.8) is 0 Å². The van der Waals surface area contributed by atoms with Crippen molar-refractivity contribution >= 4 is 5.69 Å². The molecule has 1 unspecified atom stereocenters. The molecule has 1 N–H and O–H groups in total. The molecule has 1 aliphatic rings. The van der Waals surface area contributed by atoms with Crippen molar-refractivity contribution in [2.75, 3.05) is 5.32 Å². The van der Waals surface area contributed by atoms with Crippen LogP contribution in [-0.4, -0.2) is 6.04 Å². The SMILES string of the molecule is Cc1cccc(NC2CCCCC2(C)C)c1C#N. The fraction of sp³-hybridized carbons (Fsp3) is 0.562. The molecular formula is C16H22N2. The number of hydrogen-bond donors (Lipinski definition) is 1. The Morgan fingerprint density at radius 3 is 2.78 bits per heavy atom. The highest BCUT2D eigenvalue weighted by atomic mass is 14.9. The molecule has 0 heterocycles. The van der Waals surface area contributed by atoms with Crippen LogP contribution in [0.15, 0.2) is 18.2 Å². The van der Waals surface area contributed by atoms with Crippen LogP contribution in [-0.2, 0) is 0 Å². The van der Waals surface area contributed by atoms with Crippen molar-refractivity contribution in [1.82, 2.24) is 0 Å². The van der Waals surface area contributed by atoms with E-state index in [1.165, 1.54) is 25.7 Å². The molecule has 0 radical (unpaired) electrons. The van der Waals surface area contributed by atoms with Gasteiger partial charge in [0, 0.05) is 6.04 Å². The summed E-state index contributed by atoms with van der Waals surface area (Å²) in [6, 6.07) is 8.83. The largest absolute Gasteiger partial charge is 0.381 e. The molecule has 1 aromatic rings. The van der Waals surface area contributed by atoms with Gasteiger partial charge in [0.05, 0.1) is 11.3 Å². The zero-order valence-electron chi connectivity index (χ0n) is 11.6. The van der Waals surface area contributed by atoms with Crippen molar-refractivity contribution in [2.45, 2.75) is 52.5 Å². The molecule has 2 heteroatoms. The van der Waals surface area contributed by atoms with Crippen molar-refractivity contribution < 1.29 is 0 Å². The van der Waals surface area contributed by atoms with Gasteiger partial charge in [0.1, 0.15) is 6.07 Å². The summed E-state index contributed by atoms with van der Waals surface area (Å²) in [4.78, 5) is 0. The van der Waals surface area contributed by atoms with Crippen molar-refractivity contribution in [3.8, 4) is 6.07 Å². The van der Waals surface area contributed by atoms with E-state index in [0.29, 0.717) is 11.5 Å². The summed E-state index contributed by atoms with van der Waals surface area (Å²) < 4.78 is 0. The molecule has 0 spiro atoms. The van der Waals surface area contributed by atoms with Gasteiger partial charge in [-0.15, -0.1) is 0 Å². The first-order valence-electron chi connectivity index (χ1n) is 6.81. The third kappa shape index (κ3) is 2.51. The Bertz CT molecular complexity index is 468. The number of nitrogens with one attached hydrogen (secondary N) is 1. The standard InChI is InChI=1S/C16H22N2/c1-12-7-6-8-14(13(12)11-17)18-15-9-4-5-10-16(15,2)3/h6-8,15,18H,4-5,9-10H2,1-3H3. The van der Waals surface area contributed by atoms with E-state index in [0.717, 1.165) is 16.8 Å². The first-order chi connectivity index (χ1) is 8.54. The topological polar surface area (TPSA) is 35.8 Å². The normalized spacial score (nSPS) is 22.2. The highest BCUT2D eigenvalue weighted by molar-refractivity contribution is 5.61. The van der Waals surface area contributed by atoms with E-state index in [-0.39, 0.29) is 0 Å². The first-order valence-corrected chi connectivity index (χ1v) is 6.81. The maximum atomic E-state index is 9.27. The van der Waals surface area contributed by atoms with Crippen molar-refractivity contribution in [1.29, 1.82) is 5.26 Å². The van der Waals surface area contributed by atoms with Gasteiger partial charge in [-0.05, 0) is 36.8 Å². The lowest BCUT2D eigenvalue weighted by molar-refractivity contribution is 0.217. The van der Waals surface area contributed by atoms with Crippen LogP contribution in [0, 0.1) is 23.7 Å². The van der Waals surface area contributed by atoms with E-state index < -0.39 is 0 Å². The second kappa shape index (κ2) is 5.02. The molecular weight excluding hydrogens is 220 g/mol. The molecule has 1 atom stereocenters. The minimum Gasteiger partial charge on any atom is -0.381 e. The van der Waals surface area contributed by atoms with Gasteiger partial charge in [-0.3, -0.25) is 0 Å². The second-order valence-corrected chi connectivity index (χ2v) is 6.04. The third-order valence-corrected chi connectivity index (χ3v) is 4.22. The Hall–Kier alpha value is -1.49. The fourth-order valence-corrected chi connectivity index (χ4v) is 2.89. The van der Waals surface area contributed by atoms with Gasteiger partial charge >= 0.3 is 0 Å². The lowest BCUT2D eigenvalue weighted by Crippen LogP contribution is -2.39. The van der Waals surface area contributed by atoms with E-state index in [1.807, 2.05) is 25.1 Å². The number of hydrogen-bond acceptors (Lipinski definition) is 2. The lowest BCUT2D eigenvalue weighted by atomic mass is 9.73. The summed E-state index contributed by atoms with van der Waals surface area (Å²) in [6.07, 6.45) is 5.07. The van der Waals surface area contributed by atoms with Crippen molar-refractivity contribution in [3.05, 3.63) is 29.3 Å². The first kappa shape index (κ1) is 13.0. The highest BCUT2D eigenvalue weighted by Crippen LogP contribution is 2.37. The Kier molecular flexibility index (Phi) is 3.61. The van der Waals surface area contributed by atoms with Gasteiger partial charge in [0.25, 0.3) is 0 Å². The molecule has 2 nitrogen and oxygen atoms in total. The Labute approximate surface area is 110 Å². The van der Waals surface area contributed by atoms with E-state index in [4.69, 9.17) is 0 Å². The number of rotatable bonds is 2. The summed E-state index contributed by atoms with van der Waals surface area (Å²) in [5, 5.41) is 12.9. The molecule has 0 aromatic heterocycles. The molecule has 2 rings (SSSR count). The number of aryl methyl sites for hydroxylation is 1. The smallest absolute Gasteiger partial charge is 0.102 e. The van der Waals surface area contributed by atoms with Gasteiger partial charge in [-0.25, -0.2) is 0 Å². The minimum atomic E-state index is 0.314. The van der Waals surface area contributed by atoms with Crippen LogP contribution in [0.5, 0.6) is 0 Å². The monoisotopic (exact) mass is 242 g/mol. The molecule has 0 saturated heterocycles. The third-order valence-electron chi connectivity index (χ3n) is 4.22. The van der Waals surface area contributed by atoms with E-state index >= 15 is 0 Å². The number of anilines is 1. The van der Waals surface area contributed by atoms with Crippen LogP contribution in [0.25, 0.3) is 0 Å². The summed E-state index contributed by atoms with van der Waals surface area (Å²) in [5.41, 5.74) is 3.15. The molecule has 96 valence electrons. The lowest BCUT2D eigenvalue weighted by Gasteiger charge is -2.39. The van der Waals surface area contributed by atoms with Crippen LogP contribution in [0.1, 0.15) is 50.7 Å². The van der Waals surface area contributed by atoms with Crippen molar-refractivity contribution in [2.24, 2.45) is 5.41 Å². The molecule has 0 bridgehead atoms. The van der Waals surface area contributed by atoms with Gasteiger partial charge in [-0.2, -0.15) is 5.26 Å². The predicted molar refractivity (Wildman–Crippen MR) is 75.6 cm³/mol. The average Bonchev–Trinajstić information content (AvgIpc) is 2.32. The maximum absolute atomic E-state index is 9.27. The van der Waals surface area contributed by atoms with Gasteiger partial charge < -0.3 is 5.32 Å². The summed E-state index contributed by atoms with van der Waals surface area (Å²) in [6.45, 7) is 6.65. The zero-order chi connectivity index (χ0) is 13.2. The molecule has 18 heavy (non-hydrogen) atoms. The number of nitrogens with zero attached hydrogens (tertiary/aromatic N) is 1. The van der Waals surface area contributed by atoms with Crippen LogP contribution < -0.4 is 5.32 Å². The Morgan fingerprint density at radius 2 is 2.11 bits per heavy atom. The molecule has 1 fully saturated rings. The van der Waals surface area contributed by atoms with E-state index in [2.05, 4.69) is 25.2 Å². The zero-order valence-corrected chi connectivity index (χ0v) is 11.6. The molecule has 1 saturated carbocycles. The van der Waals surface area contributed by atoms with E-state index in [9.17, 15) is 5.26 Å². The quantitative estimate of drug-likeness (QED) is 0.841. The van der Waals surface area contributed by atoms with E-state index in [1.54, 1.807) is 0 Å². The van der Waals surface area contributed by atoms with Gasteiger partial charge in [0.15, 0.2) is 0 Å². The Balaban J connectivity index is 2.24. The van der Waals surface area contributed by atoms with Crippen LogP contribution >= 0.6 is 0 Å². The van der Waals surface area contributed by atoms with Crippen LogP contribution in [0.3, 0.4) is 0 Å². The number of nitriles is 1. The second-order valence-electron chi connectivity index (χ2n) is 6.04. The predicted octanol–water partition coefficient (Wildman–Crippen LogP) is 4.25.